The first-order chi connectivity index (χ1) is 9.16. The zero-order valence-electron chi connectivity index (χ0n) is 10.4. The standard InChI is InChI=1S/C15H13ClN2O/c1-9(17)13-6-7-14(19-13)11-4-5-12(16)10-3-2-8-18-15(10)11/h2-9H,17H2,1H3. The van der Waals surface area contributed by atoms with Crippen LogP contribution in [0.3, 0.4) is 0 Å². The molecule has 0 saturated heterocycles. The van der Waals surface area contributed by atoms with E-state index in [4.69, 9.17) is 21.8 Å². The van der Waals surface area contributed by atoms with Crippen molar-refractivity contribution in [1.29, 1.82) is 0 Å². The molecule has 3 aromatic rings. The van der Waals surface area contributed by atoms with Gasteiger partial charge in [0.15, 0.2) is 0 Å². The van der Waals surface area contributed by atoms with E-state index in [0.29, 0.717) is 5.02 Å². The lowest BCUT2D eigenvalue weighted by molar-refractivity contribution is 0.491. The summed E-state index contributed by atoms with van der Waals surface area (Å²) in [6, 6.07) is 11.3. The molecule has 0 aliphatic carbocycles. The quantitative estimate of drug-likeness (QED) is 0.762. The van der Waals surface area contributed by atoms with Crippen molar-refractivity contribution in [2.24, 2.45) is 5.73 Å². The zero-order valence-corrected chi connectivity index (χ0v) is 11.2. The van der Waals surface area contributed by atoms with Crippen LogP contribution < -0.4 is 5.73 Å². The molecule has 2 aromatic heterocycles. The SMILES string of the molecule is CC(N)c1ccc(-c2ccc(Cl)c3cccnc23)o1. The summed E-state index contributed by atoms with van der Waals surface area (Å²) in [6.07, 6.45) is 1.75. The van der Waals surface area contributed by atoms with Crippen molar-refractivity contribution < 1.29 is 4.42 Å². The van der Waals surface area contributed by atoms with Gasteiger partial charge in [-0.3, -0.25) is 4.98 Å². The number of fused-ring (bicyclic) bond motifs is 1. The third-order valence-corrected chi connectivity index (χ3v) is 3.39. The van der Waals surface area contributed by atoms with E-state index >= 15 is 0 Å². The Bertz CT molecular complexity index is 734. The molecule has 0 fully saturated rings. The van der Waals surface area contributed by atoms with Gasteiger partial charge in [0.2, 0.25) is 0 Å². The molecule has 0 bridgehead atoms. The number of halogens is 1. The maximum Gasteiger partial charge on any atom is 0.136 e. The zero-order chi connectivity index (χ0) is 13.4. The number of rotatable bonds is 2. The monoisotopic (exact) mass is 272 g/mol. The largest absolute Gasteiger partial charge is 0.459 e. The van der Waals surface area contributed by atoms with Crippen LogP contribution in [0.1, 0.15) is 18.7 Å². The molecule has 2 N–H and O–H groups in total. The summed E-state index contributed by atoms with van der Waals surface area (Å²) in [4.78, 5) is 4.40. The summed E-state index contributed by atoms with van der Waals surface area (Å²) >= 11 is 6.18. The van der Waals surface area contributed by atoms with Gasteiger partial charge in [-0.05, 0) is 43.3 Å². The third kappa shape index (κ3) is 2.11. The molecule has 0 aliphatic rings. The summed E-state index contributed by atoms with van der Waals surface area (Å²) in [5, 5.41) is 1.60. The minimum Gasteiger partial charge on any atom is -0.459 e. The van der Waals surface area contributed by atoms with E-state index < -0.39 is 0 Å². The highest BCUT2D eigenvalue weighted by atomic mass is 35.5. The molecule has 0 saturated carbocycles. The minimum absolute atomic E-state index is 0.125. The lowest BCUT2D eigenvalue weighted by atomic mass is 10.1. The third-order valence-electron chi connectivity index (χ3n) is 3.06. The van der Waals surface area contributed by atoms with E-state index in [1.165, 1.54) is 0 Å². The van der Waals surface area contributed by atoms with Gasteiger partial charge in [0, 0.05) is 17.1 Å². The maximum atomic E-state index is 6.18. The lowest BCUT2D eigenvalue weighted by Crippen LogP contribution is -2.02. The normalized spacial score (nSPS) is 12.8. The number of nitrogens with two attached hydrogens (primary N) is 1. The van der Waals surface area contributed by atoms with Crippen LogP contribution >= 0.6 is 11.6 Å². The van der Waals surface area contributed by atoms with Crippen LogP contribution in [0, 0.1) is 0 Å². The molecule has 2 heterocycles. The Labute approximate surface area is 116 Å². The van der Waals surface area contributed by atoms with E-state index in [2.05, 4.69) is 4.98 Å². The van der Waals surface area contributed by atoms with Crippen LogP contribution in [-0.4, -0.2) is 4.98 Å². The summed E-state index contributed by atoms with van der Waals surface area (Å²) in [5.74, 6) is 1.52. The fourth-order valence-electron chi connectivity index (χ4n) is 2.08. The number of pyridine rings is 1. The number of nitrogens with zero attached hydrogens (tertiary/aromatic N) is 1. The molecule has 19 heavy (non-hydrogen) atoms. The van der Waals surface area contributed by atoms with Crippen molar-refractivity contribution in [2.75, 3.05) is 0 Å². The van der Waals surface area contributed by atoms with Gasteiger partial charge in [-0.1, -0.05) is 11.6 Å². The highest BCUT2D eigenvalue weighted by Crippen LogP contribution is 2.33. The molecule has 0 amide bonds. The van der Waals surface area contributed by atoms with Crippen molar-refractivity contribution in [1.82, 2.24) is 4.98 Å². The Balaban J connectivity index is 2.22. The number of furan rings is 1. The summed E-state index contributed by atoms with van der Waals surface area (Å²) in [6.45, 7) is 1.89. The van der Waals surface area contributed by atoms with Gasteiger partial charge >= 0.3 is 0 Å². The van der Waals surface area contributed by atoms with Crippen LogP contribution in [0.4, 0.5) is 0 Å². The average molecular weight is 273 g/mol. The molecular weight excluding hydrogens is 260 g/mol. The van der Waals surface area contributed by atoms with Crippen molar-refractivity contribution in [3.05, 3.63) is 53.4 Å². The molecular formula is C15H13ClN2O. The summed E-state index contributed by atoms with van der Waals surface area (Å²) < 4.78 is 5.77. The van der Waals surface area contributed by atoms with Gasteiger partial charge in [0.05, 0.1) is 16.6 Å². The van der Waals surface area contributed by atoms with Crippen LogP contribution in [-0.2, 0) is 0 Å². The van der Waals surface area contributed by atoms with E-state index in [1.807, 2.05) is 43.3 Å². The first kappa shape index (κ1) is 12.2. The van der Waals surface area contributed by atoms with Gasteiger partial charge < -0.3 is 10.2 Å². The van der Waals surface area contributed by atoms with Gasteiger partial charge in [0.25, 0.3) is 0 Å². The molecule has 1 atom stereocenters. The molecule has 1 aromatic carbocycles. The molecule has 1 unspecified atom stereocenters. The Morgan fingerprint density at radius 2 is 2.05 bits per heavy atom. The molecule has 0 radical (unpaired) electrons. The lowest BCUT2D eigenvalue weighted by Gasteiger charge is -2.05. The van der Waals surface area contributed by atoms with Gasteiger partial charge in [-0.2, -0.15) is 0 Å². The highest BCUT2D eigenvalue weighted by molar-refractivity contribution is 6.35. The predicted octanol–water partition coefficient (Wildman–Crippen LogP) is 4.17. The maximum absolute atomic E-state index is 6.18. The van der Waals surface area contributed by atoms with E-state index in [-0.39, 0.29) is 6.04 Å². The Morgan fingerprint density at radius 3 is 2.79 bits per heavy atom. The first-order valence-electron chi connectivity index (χ1n) is 6.06. The van der Waals surface area contributed by atoms with Gasteiger partial charge in [0.1, 0.15) is 11.5 Å². The van der Waals surface area contributed by atoms with Crippen molar-refractivity contribution in [2.45, 2.75) is 13.0 Å². The molecule has 0 spiro atoms. The second kappa shape index (κ2) is 4.68. The van der Waals surface area contributed by atoms with Crippen LogP contribution in [0.2, 0.25) is 5.02 Å². The number of hydrogen-bond donors (Lipinski definition) is 1. The van der Waals surface area contributed by atoms with Crippen molar-refractivity contribution in [3.8, 4) is 11.3 Å². The van der Waals surface area contributed by atoms with Crippen LogP contribution in [0.15, 0.2) is 47.0 Å². The van der Waals surface area contributed by atoms with Crippen molar-refractivity contribution in [3.63, 3.8) is 0 Å². The molecule has 96 valence electrons. The van der Waals surface area contributed by atoms with Crippen molar-refractivity contribution >= 4 is 22.5 Å². The topological polar surface area (TPSA) is 52.0 Å². The molecule has 4 heteroatoms. The Kier molecular flexibility index (Phi) is 3.01. The fourth-order valence-corrected chi connectivity index (χ4v) is 2.29. The predicted molar refractivity (Wildman–Crippen MR) is 77.1 cm³/mol. The van der Waals surface area contributed by atoms with Crippen LogP contribution in [0.25, 0.3) is 22.2 Å². The molecule has 0 aliphatic heterocycles. The fraction of sp³-hybridized carbons (Fsp3) is 0.133. The molecule has 3 rings (SSSR count). The number of benzene rings is 1. The average Bonchev–Trinajstić information content (AvgIpc) is 2.89. The van der Waals surface area contributed by atoms with E-state index in [1.54, 1.807) is 6.20 Å². The van der Waals surface area contributed by atoms with E-state index in [0.717, 1.165) is 28.0 Å². The Morgan fingerprint density at radius 1 is 1.21 bits per heavy atom. The second-order valence-electron chi connectivity index (χ2n) is 4.49. The first-order valence-corrected chi connectivity index (χ1v) is 6.43. The Hall–Kier alpha value is -1.84. The smallest absolute Gasteiger partial charge is 0.136 e. The molecule has 3 nitrogen and oxygen atoms in total. The number of aromatic nitrogens is 1. The van der Waals surface area contributed by atoms with Crippen LogP contribution in [0.5, 0.6) is 0 Å². The summed E-state index contributed by atoms with van der Waals surface area (Å²) in [5.41, 5.74) is 7.57. The van der Waals surface area contributed by atoms with Gasteiger partial charge in [-0.25, -0.2) is 0 Å². The number of hydrogen-bond acceptors (Lipinski definition) is 3. The highest BCUT2D eigenvalue weighted by Gasteiger charge is 2.12. The van der Waals surface area contributed by atoms with Gasteiger partial charge in [-0.15, -0.1) is 0 Å². The van der Waals surface area contributed by atoms with E-state index in [9.17, 15) is 0 Å². The minimum atomic E-state index is -0.125. The summed E-state index contributed by atoms with van der Waals surface area (Å²) in [7, 11) is 0. The second-order valence-corrected chi connectivity index (χ2v) is 4.89.